The fourth-order valence-corrected chi connectivity index (χ4v) is 3.33. The van der Waals surface area contributed by atoms with Crippen LogP contribution in [0.25, 0.3) is 0 Å². The average Bonchev–Trinajstić information content (AvgIpc) is 2.77. The van der Waals surface area contributed by atoms with E-state index in [1.54, 1.807) is 0 Å². The summed E-state index contributed by atoms with van der Waals surface area (Å²) in [6.45, 7) is 12.9. The van der Waals surface area contributed by atoms with E-state index in [1.165, 1.54) is 11.3 Å². The van der Waals surface area contributed by atoms with Crippen LogP contribution in [0.3, 0.4) is 0 Å². The van der Waals surface area contributed by atoms with Crippen molar-refractivity contribution in [1.82, 2.24) is 0 Å². The molecule has 0 atom stereocenters. The maximum Gasteiger partial charge on any atom is 0.305 e. The van der Waals surface area contributed by atoms with Gasteiger partial charge in [-0.25, -0.2) is 0 Å². The lowest BCUT2D eigenvalue weighted by Crippen LogP contribution is -2.28. The van der Waals surface area contributed by atoms with Crippen LogP contribution in [-0.4, -0.2) is 24.2 Å². The van der Waals surface area contributed by atoms with Crippen LogP contribution in [0.15, 0.2) is 17.5 Å². The Kier molecular flexibility index (Phi) is 5.56. The molecule has 0 aliphatic rings. The first-order valence-electron chi connectivity index (χ1n) is 6.80. The zero-order chi connectivity index (χ0) is 16.2. The van der Waals surface area contributed by atoms with Gasteiger partial charge in [0.25, 0.3) is 0 Å². The molecule has 0 saturated carbocycles. The number of carboxylic acid groups (broad SMARTS) is 1. The van der Waals surface area contributed by atoms with Crippen molar-refractivity contribution >= 4 is 22.3 Å². The third-order valence-corrected chi connectivity index (χ3v) is 4.07. The minimum Gasteiger partial charge on any atom is -0.481 e. The van der Waals surface area contributed by atoms with Crippen molar-refractivity contribution < 1.29 is 9.90 Å². The molecule has 0 aromatic carbocycles. The molecule has 5 heteroatoms. The van der Waals surface area contributed by atoms with Crippen LogP contribution < -0.4 is 4.90 Å². The highest BCUT2D eigenvalue weighted by atomic mass is 32.1. The first-order chi connectivity index (χ1) is 9.66. The van der Waals surface area contributed by atoms with Crippen molar-refractivity contribution in [3.05, 3.63) is 28.7 Å². The summed E-state index contributed by atoms with van der Waals surface area (Å²) in [5, 5.41) is 21.2. The van der Waals surface area contributed by atoms with Crippen LogP contribution in [0.4, 0.5) is 5.00 Å². The lowest BCUT2D eigenvalue weighted by Gasteiger charge is -2.24. The Morgan fingerprint density at radius 1 is 1.52 bits per heavy atom. The molecule has 1 rings (SSSR count). The van der Waals surface area contributed by atoms with Gasteiger partial charge in [-0.3, -0.25) is 4.79 Å². The lowest BCUT2D eigenvalue weighted by atomic mass is 9.86. The zero-order valence-corrected chi connectivity index (χ0v) is 13.9. The summed E-state index contributed by atoms with van der Waals surface area (Å²) in [6.07, 6.45) is 0.0426. The van der Waals surface area contributed by atoms with Crippen LogP contribution in [0.5, 0.6) is 0 Å². The molecular weight excluding hydrogens is 284 g/mol. The van der Waals surface area contributed by atoms with Gasteiger partial charge in [0.1, 0.15) is 11.1 Å². The molecule has 1 N–H and O–H groups in total. The molecule has 114 valence electrons. The second kappa shape index (κ2) is 6.77. The lowest BCUT2D eigenvalue weighted by molar-refractivity contribution is -0.136. The number of hydrogen-bond donors (Lipinski definition) is 1. The van der Waals surface area contributed by atoms with Gasteiger partial charge in [-0.05, 0) is 23.3 Å². The Hall–Kier alpha value is -1.80. The number of carboxylic acids is 1. The summed E-state index contributed by atoms with van der Waals surface area (Å²) < 4.78 is 0. The number of anilines is 1. The Balaban J connectivity index is 3.19. The van der Waals surface area contributed by atoms with Crippen LogP contribution >= 0.6 is 11.3 Å². The summed E-state index contributed by atoms with van der Waals surface area (Å²) in [5.41, 5.74) is 2.49. The van der Waals surface area contributed by atoms with Gasteiger partial charge >= 0.3 is 5.97 Å². The largest absolute Gasteiger partial charge is 0.481 e. The molecule has 1 aromatic heterocycles. The third kappa shape index (κ3) is 4.61. The molecule has 1 heterocycles. The van der Waals surface area contributed by atoms with Crippen LogP contribution in [0.1, 0.15) is 45.2 Å². The van der Waals surface area contributed by atoms with Gasteiger partial charge in [-0.2, -0.15) is 5.26 Å². The first-order valence-corrected chi connectivity index (χ1v) is 7.68. The Labute approximate surface area is 130 Å². The van der Waals surface area contributed by atoms with Crippen molar-refractivity contribution in [2.24, 2.45) is 0 Å². The van der Waals surface area contributed by atoms with Crippen molar-refractivity contribution in [3.8, 4) is 6.07 Å². The molecule has 1 aromatic rings. The molecule has 21 heavy (non-hydrogen) atoms. The third-order valence-electron chi connectivity index (χ3n) is 3.04. The molecule has 0 spiro atoms. The Morgan fingerprint density at radius 2 is 2.14 bits per heavy atom. The second-order valence-electron chi connectivity index (χ2n) is 6.21. The van der Waals surface area contributed by atoms with E-state index in [9.17, 15) is 10.1 Å². The number of thiophene rings is 1. The number of carbonyl (C=O) groups is 1. The Bertz CT molecular complexity index is 576. The monoisotopic (exact) mass is 306 g/mol. The quantitative estimate of drug-likeness (QED) is 0.812. The topological polar surface area (TPSA) is 64.3 Å². The van der Waals surface area contributed by atoms with E-state index in [0.29, 0.717) is 18.7 Å². The van der Waals surface area contributed by atoms with Gasteiger partial charge in [0.05, 0.1) is 12.0 Å². The summed E-state index contributed by atoms with van der Waals surface area (Å²) >= 11 is 1.50. The minimum absolute atomic E-state index is 0.0426. The van der Waals surface area contributed by atoms with Crippen LogP contribution in [-0.2, 0) is 10.2 Å². The number of rotatable bonds is 6. The van der Waals surface area contributed by atoms with E-state index in [2.05, 4.69) is 33.4 Å². The second-order valence-corrected chi connectivity index (χ2v) is 7.07. The molecule has 0 aliphatic carbocycles. The van der Waals surface area contributed by atoms with E-state index < -0.39 is 5.97 Å². The summed E-state index contributed by atoms with van der Waals surface area (Å²) in [6, 6.07) is 2.28. The molecule has 0 saturated heterocycles. The molecule has 0 fully saturated rings. The Morgan fingerprint density at radius 3 is 2.57 bits per heavy atom. The van der Waals surface area contributed by atoms with Crippen molar-refractivity contribution in [2.75, 3.05) is 18.0 Å². The van der Waals surface area contributed by atoms with Crippen molar-refractivity contribution in [2.45, 2.75) is 39.5 Å². The van der Waals surface area contributed by atoms with E-state index in [-0.39, 0.29) is 11.8 Å². The van der Waals surface area contributed by atoms with Gasteiger partial charge < -0.3 is 10.0 Å². The number of hydrogen-bond acceptors (Lipinski definition) is 4. The zero-order valence-electron chi connectivity index (χ0n) is 13.1. The van der Waals surface area contributed by atoms with E-state index >= 15 is 0 Å². The van der Waals surface area contributed by atoms with E-state index in [1.807, 2.05) is 17.2 Å². The van der Waals surface area contributed by atoms with Crippen molar-refractivity contribution in [1.29, 1.82) is 5.26 Å². The first kappa shape index (κ1) is 17.3. The predicted molar refractivity (Wildman–Crippen MR) is 87.0 cm³/mol. The van der Waals surface area contributed by atoms with Crippen molar-refractivity contribution in [3.63, 3.8) is 0 Å². The number of nitriles is 1. The average molecular weight is 306 g/mol. The van der Waals surface area contributed by atoms with Crippen LogP contribution in [0, 0.1) is 11.3 Å². The minimum atomic E-state index is -0.840. The van der Waals surface area contributed by atoms with Crippen LogP contribution in [0.2, 0.25) is 0 Å². The van der Waals surface area contributed by atoms with Gasteiger partial charge in [-0.15, -0.1) is 11.3 Å². The van der Waals surface area contributed by atoms with Gasteiger partial charge in [0.15, 0.2) is 0 Å². The predicted octanol–water partition coefficient (Wildman–Crippen LogP) is 3.77. The standard InChI is InChI=1S/C16H22N2O2S/c1-11(2)9-18(7-6-14(19)20)15-12(8-17)13(10-21-15)16(3,4)5/h10H,1,6-7,9H2,2-5H3,(H,19,20). The fraction of sp³-hybridized carbons (Fsp3) is 0.500. The maximum absolute atomic E-state index is 10.8. The highest BCUT2D eigenvalue weighted by molar-refractivity contribution is 7.14. The normalized spacial score (nSPS) is 11.0. The van der Waals surface area contributed by atoms with Gasteiger partial charge in [0.2, 0.25) is 0 Å². The number of aliphatic carboxylic acids is 1. The summed E-state index contributed by atoms with van der Waals surface area (Å²) in [4.78, 5) is 12.8. The molecule has 4 nitrogen and oxygen atoms in total. The molecular formula is C16H22N2O2S. The number of nitrogens with zero attached hydrogens (tertiary/aromatic N) is 2. The molecule has 0 aliphatic heterocycles. The summed E-state index contributed by atoms with van der Waals surface area (Å²) in [5.74, 6) is -0.840. The van der Waals surface area contributed by atoms with Gasteiger partial charge in [0, 0.05) is 13.1 Å². The smallest absolute Gasteiger partial charge is 0.305 e. The molecule has 0 radical (unpaired) electrons. The summed E-state index contributed by atoms with van der Waals surface area (Å²) in [7, 11) is 0. The SMILES string of the molecule is C=C(C)CN(CCC(=O)O)c1scc(C(C)(C)C)c1C#N. The molecule has 0 bridgehead atoms. The van der Waals surface area contributed by atoms with E-state index in [0.717, 1.165) is 16.1 Å². The van der Waals surface area contributed by atoms with Gasteiger partial charge in [-0.1, -0.05) is 32.9 Å². The molecule has 0 amide bonds. The highest BCUT2D eigenvalue weighted by Crippen LogP contribution is 2.37. The van der Waals surface area contributed by atoms with E-state index in [4.69, 9.17) is 5.11 Å². The highest BCUT2D eigenvalue weighted by Gasteiger charge is 2.25. The maximum atomic E-state index is 10.8. The molecule has 0 unspecified atom stereocenters. The fourth-order valence-electron chi connectivity index (χ4n) is 2.05.